The Labute approximate surface area is 121 Å². The van der Waals surface area contributed by atoms with E-state index in [2.05, 4.69) is 15.9 Å². The molecule has 7 heteroatoms. The molecule has 0 aliphatic carbocycles. The maximum Gasteiger partial charge on any atom is 0.290 e. The van der Waals surface area contributed by atoms with Gasteiger partial charge in [-0.1, -0.05) is 0 Å². The van der Waals surface area contributed by atoms with Crippen molar-refractivity contribution in [1.29, 1.82) is 5.26 Å². The number of nitro benzene ring substituents is 1. The molecule has 0 aliphatic heterocycles. The molecule has 20 heavy (non-hydrogen) atoms. The third-order valence-corrected chi connectivity index (χ3v) is 3.06. The Hall–Kier alpha value is -2.46. The van der Waals surface area contributed by atoms with E-state index in [-0.39, 0.29) is 22.7 Å². The summed E-state index contributed by atoms with van der Waals surface area (Å²) in [6.07, 6.45) is 0. The topological polar surface area (TPSA) is 76.2 Å². The minimum absolute atomic E-state index is 0.0688. The summed E-state index contributed by atoms with van der Waals surface area (Å²) in [5.74, 6) is -0.169. The van der Waals surface area contributed by atoms with Crippen LogP contribution < -0.4 is 4.74 Å². The summed E-state index contributed by atoms with van der Waals surface area (Å²) in [4.78, 5) is 10.2. The van der Waals surface area contributed by atoms with E-state index in [0.29, 0.717) is 4.47 Å². The van der Waals surface area contributed by atoms with Gasteiger partial charge in [-0.3, -0.25) is 10.1 Å². The van der Waals surface area contributed by atoms with Crippen LogP contribution >= 0.6 is 15.9 Å². The van der Waals surface area contributed by atoms with Gasteiger partial charge in [0, 0.05) is 6.07 Å². The van der Waals surface area contributed by atoms with Gasteiger partial charge < -0.3 is 4.74 Å². The van der Waals surface area contributed by atoms with Gasteiger partial charge in [-0.15, -0.1) is 0 Å². The zero-order valence-corrected chi connectivity index (χ0v) is 11.4. The van der Waals surface area contributed by atoms with Gasteiger partial charge in [0.2, 0.25) is 0 Å². The fourth-order valence-electron chi connectivity index (χ4n) is 1.50. The van der Waals surface area contributed by atoms with Gasteiger partial charge in [0.25, 0.3) is 5.69 Å². The largest absolute Gasteiger partial charge is 0.456 e. The molecule has 0 aliphatic rings. The third kappa shape index (κ3) is 2.92. The van der Waals surface area contributed by atoms with E-state index >= 15 is 0 Å². The van der Waals surface area contributed by atoms with Crippen molar-refractivity contribution in [3.63, 3.8) is 0 Å². The average Bonchev–Trinajstić information content (AvgIpc) is 2.42. The summed E-state index contributed by atoms with van der Waals surface area (Å²) < 4.78 is 19.0. The summed E-state index contributed by atoms with van der Waals surface area (Å²) in [7, 11) is 0. The van der Waals surface area contributed by atoms with Crippen molar-refractivity contribution in [2.45, 2.75) is 0 Å². The highest BCUT2D eigenvalue weighted by molar-refractivity contribution is 9.10. The van der Waals surface area contributed by atoms with Crippen LogP contribution in [0.4, 0.5) is 10.1 Å². The molecule has 0 unspecified atom stereocenters. The minimum atomic E-state index is -0.675. The van der Waals surface area contributed by atoms with Crippen LogP contribution in [-0.2, 0) is 0 Å². The first-order chi connectivity index (χ1) is 9.51. The van der Waals surface area contributed by atoms with Crippen molar-refractivity contribution in [3.05, 3.63) is 62.4 Å². The maximum absolute atomic E-state index is 13.1. The first-order valence-electron chi connectivity index (χ1n) is 5.32. The molecule has 0 spiro atoms. The number of halogens is 2. The monoisotopic (exact) mass is 336 g/mol. The standard InChI is InChI=1S/C13H6BrFN2O3/c14-11-4-2-9(15)5-13(11)20-10-3-1-8(7-16)12(6-10)17(18)19/h1-6H. The Balaban J connectivity index is 2.40. The summed E-state index contributed by atoms with van der Waals surface area (Å²) in [5.41, 5.74) is -0.432. The smallest absolute Gasteiger partial charge is 0.290 e. The molecule has 2 aromatic rings. The lowest BCUT2D eigenvalue weighted by atomic mass is 10.2. The summed E-state index contributed by atoms with van der Waals surface area (Å²) in [6.45, 7) is 0. The third-order valence-electron chi connectivity index (χ3n) is 2.41. The van der Waals surface area contributed by atoms with Crippen molar-refractivity contribution in [2.24, 2.45) is 0 Å². The molecule has 0 bridgehead atoms. The summed E-state index contributed by atoms with van der Waals surface area (Å²) >= 11 is 3.19. The van der Waals surface area contributed by atoms with Crippen LogP contribution in [0.5, 0.6) is 11.5 Å². The molecular weight excluding hydrogens is 331 g/mol. The van der Waals surface area contributed by atoms with Gasteiger partial charge in [0.05, 0.1) is 15.5 Å². The van der Waals surface area contributed by atoms with Crippen molar-refractivity contribution < 1.29 is 14.1 Å². The molecule has 0 N–H and O–H groups in total. The molecule has 0 aromatic heterocycles. The van der Waals surface area contributed by atoms with Crippen LogP contribution in [-0.4, -0.2) is 4.92 Å². The van der Waals surface area contributed by atoms with Crippen molar-refractivity contribution in [3.8, 4) is 17.6 Å². The molecule has 0 atom stereocenters. The molecule has 2 rings (SSSR count). The summed E-state index contributed by atoms with van der Waals surface area (Å²) in [6, 6.07) is 9.38. The van der Waals surface area contributed by atoms with Gasteiger partial charge in [0.1, 0.15) is 28.9 Å². The lowest BCUT2D eigenvalue weighted by Gasteiger charge is -2.08. The second kappa shape index (κ2) is 5.67. The Kier molecular flexibility index (Phi) is 3.96. The number of ether oxygens (including phenoxy) is 1. The summed E-state index contributed by atoms with van der Waals surface area (Å²) in [5, 5.41) is 19.6. The van der Waals surface area contributed by atoms with Crippen LogP contribution in [0.25, 0.3) is 0 Å². The molecule has 0 saturated heterocycles. The van der Waals surface area contributed by atoms with E-state index in [4.69, 9.17) is 10.00 Å². The Morgan fingerprint density at radius 3 is 2.70 bits per heavy atom. The average molecular weight is 337 g/mol. The molecule has 0 radical (unpaired) electrons. The highest BCUT2D eigenvalue weighted by Crippen LogP contribution is 2.32. The van der Waals surface area contributed by atoms with Gasteiger partial charge in [-0.2, -0.15) is 5.26 Å². The molecule has 0 amide bonds. The number of hydrogen-bond donors (Lipinski definition) is 0. The zero-order valence-electron chi connectivity index (χ0n) is 9.84. The quantitative estimate of drug-likeness (QED) is 0.622. The number of benzene rings is 2. The minimum Gasteiger partial charge on any atom is -0.456 e. The normalized spacial score (nSPS) is 9.85. The van der Waals surface area contributed by atoms with E-state index < -0.39 is 10.7 Å². The lowest BCUT2D eigenvalue weighted by molar-refractivity contribution is -0.385. The molecule has 0 saturated carbocycles. The van der Waals surface area contributed by atoms with Crippen LogP contribution in [0, 0.1) is 27.3 Å². The predicted octanol–water partition coefficient (Wildman–Crippen LogP) is 4.16. The molecular formula is C13H6BrFN2O3. The highest BCUT2D eigenvalue weighted by Gasteiger charge is 2.15. The second-order valence-corrected chi connectivity index (χ2v) is 4.58. The molecule has 0 heterocycles. The van der Waals surface area contributed by atoms with Gasteiger partial charge in [0.15, 0.2) is 0 Å². The van der Waals surface area contributed by atoms with Crippen LogP contribution in [0.15, 0.2) is 40.9 Å². The molecule has 5 nitrogen and oxygen atoms in total. The predicted molar refractivity (Wildman–Crippen MR) is 72.0 cm³/mol. The first-order valence-corrected chi connectivity index (χ1v) is 6.12. The zero-order chi connectivity index (χ0) is 14.7. The SMILES string of the molecule is N#Cc1ccc(Oc2cc(F)ccc2Br)cc1[N+](=O)[O-]. The number of rotatable bonds is 3. The highest BCUT2D eigenvalue weighted by atomic mass is 79.9. The van der Waals surface area contributed by atoms with E-state index in [0.717, 1.165) is 12.1 Å². The maximum atomic E-state index is 13.1. The lowest BCUT2D eigenvalue weighted by Crippen LogP contribution is -1.94. The first kappa shape index (κ1) is 14.0. The Morgan fingerprint density at radius 2 is 2.05 bits per heavy atom. The molecule has 100 valence electrons. The van der Waals surface area contributed by atoms with Crippen molar-refractivity contribution in [1.82, 2.24) is 0 Å². The van der Waals surface area contributed by atoms with Crippen molar-refractivity contribution in [2.75, 3.05) is 0 Å². The van der Waals surface area contributed by atoms with Gasteiger partial charge in [-0.05, 0) is 40.2 Å². The van der Waals surface area contributed by atoms with E-state index in [9.17, 15) is 14.5 Å². The van der Waals surface area contributed by atoms with Gasteiger partial charge >= 0.3 is 0 Å². The fraction of sp³-hybridized carbons (Fsp3) is 0. The Bertz CT molecular complexity index is 728. The van der Waals surface area contributed by atoms with Gasteiger partial charge in [-0.25, -0.2) is 4.39 Å². The van der Waals surface area contributed by atoms with Crippen molar-refractivity contribution >= 4 is 21.6 Å². The van der Waals surface area contributed by atoms with Crippen LogP contribution in [0.1, 0.15) is 5.56 Å². The van der Waals surface area contributed by atoms with E-state index in [1.54, 1.807) is 6.07 Å². The van der Waals surface area contributed by atoms with E-state index in [1.807, 2.05) is 0 Å². The van der Waals surface area contributed by atoms with Crippen LogP contribution in [0.2, 0.25) is 0 Å². The molecule has 2 aromatic carbocycles. The number of hydrogen-bond acceptors (Lipinski definition) is 4. The Morgan fingerprint density at radius 1 is 1.30 bits per heavy atom. The second-order valence-electron chi connectivity index (χ2n) is 3.72. The fourth-order valence-corrected chi connectivity index (χ4v) is 1.83. The number of nitrogens with zero attached hydrogens (tertiary/aromatic N) is 2. The van der Waals surface area contributed by atoms with E-state index in [1.165, 1.54) is 24.3 Å². The number of nitro groups is 1. The number of nitriles is 1. The van der Waals surface area contributed by atoms with Crippen LogP contribution in [0.3, 0.4) is 0 Å². The molecule has 0 fully saturated rings.